The van der Waals surface area contributed by atoms with E-state index in [0.717, 1.165) is 0 Å². The van der Waals surface area contributed by atoms with Crippen LogP contribution in [0.5, 0.6) is 0 Å². The van der Waals surface area contributed by atoms with Crippen LogP contribution in [0.1, 0.15) is 16.2 Å². The summed E-state index contributed by atoms with van der Waals surface area (Å²) in [4.78, 5) is 15.5. The summed E-state index contributed by atoms with van der Waals surface area (Å²) in [6, 6.07) is 1.56. The van der Waals surface area contributed by atoms with E-state index in [-0.39, 0.29) is 12.5 Å². The fourth-order valence-electron chi connectivity index (χ4n) is 1.11. The molecule has 0 aromatic carbocycles. The molecule has 0 aliphatic rings. The van der Waals surface area contributed by atoms with Crippen molar-refractivity contribution in [2.75, 3.05) is 5.73 Å². The SMILES string of the molecule is Nc1ccncc1C(=O)NCc1nn[nH]n1. The molecule has 0 fully saturated rings. The van der Waals surface area contributed by atoms with E-state index in [1.165, 1.54) is 12.4 Å². The topological polar surface area (TPSA) is 122 Å². The molecule has 2 aromatic heterocycles. The van der Waals surface area contributed by atoms with E-state index in [1.807, 2.05) is 0 Å². The molecule has 8 nitrogen and oxygen atoms in total. The summed E-state index contributed by atoms with van der Waals surface area (Å²) in [6.45, 7) is 0.184. The lowest BCUT2D eigenvalue weighted by atomic mass is 10.2. The fourth-order valence-corrected chi connectivity index (χ4v) is 1.11. The fraction of sp³-hybridized carbons (Fsp3) is 0.125. The molecule has 2 heterocycles. The molecule has 0 atom stereocenters. The minimum Gasteiger partial charge on any atom is -0.398 e. The number of amides is 1. The first-order valence-electron chi connectivity index (χ1n) is 4.47. The van der Waals surface area contributed by atoms with Gasteiger partial charge in [-0.05, 0) is 6.07 Å². The molecular formula is C8H9N7O. The van der Waals surface area contributed by atoms with Crippen LogP contribution in [-0.4, -0.2) is 31.5 Å². The molecule has 0 bridgehead atoms. The summed E-state index contributed by atoms with van der Waals surface area (Å²) in [5.74, 6) is 0.0752. The van der Waals surface area contributed by atoms with Crippen molar-refractivity contribution >= 4 is 11.6 Å². The van der Waals surface area contributed by atoms with E-state index in [1.54, 1.807) is 6.07 Å². The van der Waals surface area contributed by atoms with Crippen LogP contribution in [0, 0.1) is 0 Å². The summed E-state index contributed by atoms with van der Waals surface area (Å²) in [7, 11) is 0. The van der Waals surface area contributed by atoms with Crippen LogP contribution < -0.4 is 11.1 Å². The zero-order valence-electron chi connectivity index (χ0n) is 8.21. The van der Waals surface area contributed by atoms with E-state index in [0.29, 0.717) is 17.1 Å². The highest BCUT2D eigenvalue weighted by molar-refractivity contribution is 5.98. The van der Waals surface area contributed by atoms with Gasteiger partial charge in [0.15, 0.2) is 5.82 Å². The standard InChI is InChI=1S/C8H9N7O/c9-6-1-2-10-3-5(6)8(16)11-4-7-12-14-15-13-7/h1-3H,4H2,(H2,9,10)(H,11,16)(H,12,13,14,15). The largest absolute Gasteiger partial charge is 0.398 e. The second kappa shape index (κ2) is 4.34. The highest BCUT2D eigenvalue weighted by atomic mass is 16.1. The number of nitrogens with zero attached hydrogens (tertiary/aromatic N) is 4. The van der Waals surface area contributed by atoms with Gasteiger partial charge in [0, 0.05) is 18.1 Å². The van der Waals surface area contributed by atoms with Gasteiger partial charge in [-0.2, -0.15) is 5.21 Å². The van der Waals surface area contributed by atoms with Crippen LogP contribution in [0.25, 0.3) is 0 Å². The average Bonchev–Trinajstić information content (AvgIpc) is 2.79. The van der Waals surface area contributed by atoms with Gasteiger partial charge >= 0.3 is 0 Å². The quantitative estimate of drug-likeness (QED) is 0.615. The third-order valence-corrected chi connectivity index (χ3v) is 1.90. The monoisotopic (exact) mass is 219 g/mol. The summed E-state index contributed by atoms with van der Waals surface area (Å²) in [5, 5.41) is 15.6. The zero-order chi connectivity index (χ0) is 11.4. The average molecular weight is 219 g/mol. The number of hydrogen-bond donors (Lipinski definition) is 3. The number of aromatic amines is 1. The first-order valence-corrected chi connectivity index (χ1v) is 4.47. The summed E-state index contributed by atoms with van der Waals surface area (Å²) < 4.78 is 0. The van der Waals surface area contributed by atoms with Crippen LogP contribution in [0.15, 0.2) is 18.5 Å². The van der Waals surface area contributed by atoms with E-state index in [4.69, 9.17) is 5.73 Å². The number of rotatable bonds is 3. The van der Waals surface area contributed by atoms with E-state index >= 15 is 0 Å². The Kier molecular flexibility index (Phi) is 2.72. The lowest BCUT2D eigenvalue weighted by Gasteiger charge is -2.04. The van der Waals surface area contributed by atoms with Crippen molar-refractivity contribution in [1.29, 1.82) is 0 Å². The Morgan fingerprint density at radius 3 is 3.12 bits per heavy atom. The lowest BCUT2D eigenvalue weighted by Crippen LogP contribution is -2.24. The molecule has 4 N–H and O–H groups in total. The number of carbonyl (C=O) groups is 1. The van der Waals surface area contributed by atoms with Gasteiger partial charge in [-0.1, -0.05) is 5.21 Å². The Morgan fingerprint density at radius 2 is 2.44 bits per heavy atom. The lowest BCUT2D eigenvalue weighted by molar-refractivity contribution is 0.0950. The number of H-pyrrole nitrogens is 1. The molecule has 0 unspecified atom stereocenters. The number of anilines is 1. The van der Waals surface area contributed by atoms with Crippen molar-refractivity contribution < 1.29 is 4.79 Å². The molecule has 2 rings (SSSR count). The van der Waals surface area contributed by atoms with E-state index in [9.17, 15) is 4.79 Å². The number of nitrogens with one attached hydrogen (secondary N) is 2. The molecule has 0 radical (unpaired) electrons. The number of carbonyl (C=O) groups excluding carboxylic acids is 1. The van der Waals surface area contributed by atoms with Crippen LogP contribution in [0.3, 0.4) is 0 Å². The molecule has 0 aliphatic heterocycles. The van der Waals surface area contributed by atoms with Crippen molar-refractivity contribution in [3.8, 4) is 0 Å². The maximum absolute atomic E-state index is 11.6. The molecule has 2 aromatic rings. The molecule has 8 heteroatoms. The van der Waals surface area contributed by atoms with Crippen molar-refractivity contribution in [1.82, 2.24) is 30.9 Å². The second-order valence-electron chi connectivity index (χ2n) is 2.97. The first kappa shape index (κ1) is 10.0. The predicted molar refractivity (Wildman–Crippen MR) is 54.0 cm³/mol. The molecule has 16 heavy (non-hydrogen) atoms. The molecule has 0 saturated heterocycles. The molecule has 1 amide bonds. The molecule has 82 valence electrons. The molecule has 0 saturated carbocycles. The Labute approximate surface area is 90.3 Å². The van der Waals surface area contributed by atoms with Crippen molar-refractivity contribution in [3.05, 3.63) is 29.8 Å². The maximum atomic E-state index is 11.6. The van der Waals surface area contributed by atoms with Gasteiger partial charge in [-0.25, -0.2) is 0 Å². The van der Waals surface area contributed by atoms with Crippen molar-refractivity contribution in [3.63, 3.8) is 0 Å². The molecule has 0 spiro atoms. The summed E-state index contributed by atoms with van der Waals surface area (Å²) >= 11 is 0. The number of tetrazole rings is 1. The number of nitrogens with two attached hydrogens (primary N) is 1. The van der Waals surface area contributed by atoms with Crippen molar-refractivity contribution in [2.24, 2.45) is 0 Å². The number of nitrogen functional groups attached to an aromatic ring is 1. The minimum absolute atomic E-state index is 0.184. The normalized spacial score (nSPS) is 10.0. The van der Waals surface area contributed by atoms with Gasteiger partial charge in [0.1, 0.15) is 0 Å². The Hall–Kier alpha value is -2.51. The third kappa shape index (κ3) is 2.11. The Balaban J connectivity index is 2.01. The van der Waals surface area contributed by atoms with Gasteiger partial charge in [0.05, 0.1) is 12.1 Å². The Bertz CT molecular complexity index is 481. The second-order valence-corrected chi connectivity index (χ2v) is 2.97. The summed E-state index contributed by atoms with van der Waals surface area (Å²) in [6.07, 6.45) is 2.92. The maximum Gasteiger partial charge on any atom is 0.255 e. The van der Waals surface area contributed by atoms with Crippen molar-refractivity contribution in [2.45, 2.75) is 6.54 Å². The van der Waals surface area contributed by atoms with Crippen LogP contribution in [0.4, 0.5) is 5.69 Å². The zero-order valence-corrected chi connectivity index (χ0v) is 8.21. The number of pyridine rings is 1. The molecule has 0 aliphatic carbocycles. The van der Waals surface area contributed by atoms with Gasteiger partial charge in [-0.3, -0.25) is 9.78 Å². The van der Waals surface area contributed by atoms with Crippen LogP contribution in [0.2, 0.25) is 0 Å². The highest BCUT2D eigenvalue weighted by Gasteiger charge is 2.09. The van der Waals surface area contributed by atoms with Gasteiger partial charge < -0.3 is 11.1 Å². The predicted octanol–water partition coefficient (Wildman–Crippen LogP) is -0.893. The van der Waals surface area contributed by atoms with Gasteiger partial charge in [0.25, 0.3) is 5.91 Å². The summed E-state index contributed by atoms with van der Waals surface area (Å²) in [5.41, 5.74) is 6.32. The van der Waals surface area contributed by atoms with Crippen LogP contribution in [-0.2, 0) is 6.54 Å². The van der Waals surface area contributed by atoms with Crippen LogP contribution >= 0.6 is 0 Å². The number of hydrogen-bond acceptors (Lipinski definition) is 6. The first-order chi connectivity index (χ1) is 7.77. The number of aromatic nitrogens is 5. The Morgan fingerprint density at radius 1 is 1.56 bits per heavy atom. The molecular weight excluding hydrogens is 210 g/mol. The van der Waals surface area contributed by atoms with Gasteiger partial charge in [0.2, 0.25) is 0 Å². The smallest absolute Gasteiger partial charge is 0.255 e. The highest BCUT2D eigenvalue weighted by Crippen LogP contribution is 2.07. The minimum atomic E-state index is -0.324. The van der Waals surface area contributed by atoms with E-state index < -0.39 is 0 Å². The van der Waals surface area contributed by atoms with Gasteiger partial charge in [-0.15, -0.1) is 10.2 Å². The van der Waals surface area contributed by atoms with E-state index in [2.05, 4.69) is 30.9 Å². The third-order valence-electron chi connectivity index (χ3n) is 1.90.